The molecule has 0 saturated carbocycles. The van der Waals surface area contributed by atoms with E-state index >= 15 is 0 Å². The molecule has 8 nitrogen and oxygen atoms in total. The zero-order valence-electron chi connectivity index (χ0n) is 11.8. The molecule has 9 heteroatoms. The molecular formula is C13H14FN3O5. The third-order valence-electron chi connectivity index (χ3n) is 3.52. The Kier molecular flexibility index (Phi) is 4.25. The predicted molar refractivity (Wildman–Crippen MR) is 74.2 cm³/mol. The van der Waals surface area contributed by atoms with E-state index in [9.17, 15) is 24.1 Å². The van der Waals surface area contributed by atoms with Crippen molar-refractivity contribution >= 4 is 23.3 Å². The normalized spacial score (nSPS) is 15.1. The molecule has 2 rings (SSSR count). The van der Waals surface area contributed by atoms with Crippen LogP contribution in [0.1, 0.15) is 5.56 Å². The fourth-order valence-electron chi connectivity index (χ4n) is 2.35. The van der Waals surface area contributed by atoms with Gasteiger partial charge in [0.05, 0.1) is 22.7 Å². The Morgan fingerprint density at radius 3 is 2.68 bits per heavy atom. The number of nitro benzene ring substituents is 1. The fraction of sp³-hybridized carbons (Fsp3) is 0.385. The number of hydrogen-bond donors (Lipinski definition) is 1. The maximum atomic E-state index is 14.3. The average molecular weight is 311 g/mol. The summed E-state index contributed by atoms with van der Waals surface area (Å²) >= 11 is 0. The fourth-order valence-corrected chi connectivity index (χ4v) is 2.35. The van der Waals surface area contributed by atoms with E-state index in [1.165, 1.54) is 28.9 Å². The van der Waals surface area contributed by atoms with E-state index in [2.05, 4.69) is 0 Å². The van der Waals surface area contributed by atoms with Gasteiger partial charge in [-0.3, -0.25) is 19.7 Å². The van der Waals surface area contributed by atoms with Crippen LogP contribution in [0.2, 0.25) is 0 Å². The van der Waals surface area contributed by atoms with Crippen LogP contribution in [-0.2, 0) is 9.59 Å². The molecule has 1 aromatic rings. The van der Waals surface area contributed by atoms with E-state index in [4.69, 9.17) is 5.11 Å². The van der Waals surface area contributed by atoms with Crippen LogP contribution in [0.15, 0.2) is 12.1 Å². The van der Waals surface area contributed by atoms with E-state index < -0.39 is 29.2 Å². The summed E-state index contributed by atoms with van der Waals surface area (Å²) in [6, 6.07) is 2.46. The zero-order valence-corrected chi connectivity index (χ0v) is 11.8. The zero-order chi connectivity index (χ0) is 16.4. The van der Waals surface area contributed by atoms with Gasteiger partial charge in [0.2, 0.25) is 5.91 Å². The summed E-state index contributed by atoms with van der Waals surface area (Å²) < 4.78 is 14.3. The number of anilines is 1. The van der Waals surface area contributed by atoms with Gasteiger partial charge in [0.25, 0.3) is 5.69 Å². The standard InChI is InChI=1S/C13H14FN3O5/c1-8-9(17(21)22)2-3-10(13(8)14)15-4-5-16(7-12(19)20)11(18)6-15/h2-3H,4-7H2,1H3,(H,19,20). The first-order valence-electron chi connectivity index (χ1n) is 6.49. The van der Waals surface area contributed by atoms with Crippen molar-refractivity contribution in [1.29, 1.82) is 0 Å². The average Bonchev–Trinajstić information content (AvgIpc) is 2.43. The van der Waals surface area contributed by atoms with E-state index in [0.29, 0.717) is 0 Å². The maximum absolute atomic E-state index is 14.3. The van der Waals surface area contributed by atoms with Crippen LogP contribution in [0.25, 0.3) is 0 Å². The molecular weight excluding hydrogens is 297 g/mol. The van der Waals surface area contributed by atoms with Gasteiger partial charge in [0.15, 0.2) is 5.82 Å². The second-order valence-corrected chi connectivity index (χ2v) is 4.93. The lowest BCUT2D eigenvalue weighted by Gasteiger charge is -2.35. The molecule has 0 spiro atoms. The number of piperazine rings is 1. The molecule has 1 amide bonds. The first-order chi connectivity index (χ1) is 10.3. The van der Waals surface area contributed by atoms with E-state index in [-0.39, 0.29) is 36.6 Å². The van der Waals surface area contributed by atoms with Gasteiger partial charge < -0.3 is 14.9 Å². The molecule has 1 aliphatic rings. The Morgan fingerprint density at radius 1 is 1.45 bits per heavy atom. The minimum absolute atomic E-state index is 0.0945. The summed E-state index contributed by atoms with van der Waals surface area (Å²) in [5.41, 5.74) is -0.313. The lowest BCUT2D eigenvalue weighted by molar-refractivity contribution is -0.385. The SMILES string of the molecule is Cc1c([N+](=O)[O-])ccc(N2CCN(CC(=O)O)C(=O)C2)c1F. The van der Waals surface area contributed by atoms with Gasteiger partial charge in [-0.15, -0.1) is 0 Å². The highest BCUT2D eigenvalue weighted by molar-refractivity contribution is 5.86. The number of nitro groups is 1. The molecule has 0 bridgehead atoms. The Labute approximate surface area is 124 Å². The Hall–Kier alpha value is -2.71. The number of carboxylic acids is 1. The Bertz CT molecular complexity index is 649. The molecule has 1 aliphatic heterocycles. The molecule has 118 valence electrons. The number of halogens is 1. The maximum Gasteiger partial charge on any atom is 0.323 e. The van der Waals surface area contributed by atoms with Gasteiger partial charge in [-0.25, -0.2) is 4.39 Å². The van der Waals surface area contributed by atoms with Gasteiger partial charge >= 0.3 is 5.97 Å². The smallest absolute Gasteiger partial charge is 0.323 e. The monoisotopic (exact) mass is 311 g/mol. The predicted octanol–water partition coefficient (Wildman–Crippen LogP) is 0.776. The highest BCUT2D eigenvalue weighted by Gasteiger charge is 2.28. The topological polar surface area (TPSA) is 104 Å². The minimum Gasteiger partial charge on any atom is -0.480 e. The van der Waals surface area contributed by atoms with Crippen LogP contribution in [0.4, 0.5) is 15.8 Å². The summed E-state index contributed by atoms with van der Waals surface area (Å²) in [5.74, 6) is -2.28. The van der Waals surface area contributed by atoms with Gasteiger partial charge in [-0.2, -0.15) is 0 Å². The third-order valence-corrected chi connectivity index (χ3v) is 3.52. The Balaban J connectivity index is 2.21. The molecule has 0 atom stereocenters. The first-order valence-corrected chi connectivity index (χ1v) is 6.49. The summed E-state index contributed by atoms with van der Waals surface area (Å²) in [4.78, 5) is 35.2. The highest BCUT2D eigenvalue weighted by atomic mass is 19.1. The molecule has 1 heterocycles. The molecule has 0 radical (unpaired) electrons. The van der Waals surface area contributed by atoms with E-state index in [1.807, 2.05) is 0 Å². The van der Waals surface area contributed by atoms with Crippen molar-refractivity contribution in [2.75, 3.05) is 31.1 Å². The lowest BCUT2D eigenvalue weighted by atomic mass is 10.1. The van der Waals surface area contributed by atoms with Crippen LogP contribution in [-0.4, -0.2) is 53.0 Å². The van der Waals surface area contributed by atoms with Crippen LogP contribution >= 0.6 is 0 Å². The number of amides is 1. The van der Waals surface area contributed by atoms with Crippen molar-refractivity contribution in [3.05, 3.63) is 33.6 Å². The van der Waals surface area contributed by atoms with E-state index in [0.717, 1.165) is 0 Å². The number of aliphatic carboxylic acids is 1. The summed E-state index contributed by atoms with van der Waals surface area (Å²) in [5, 5.41) is 19.5. The number of carboxylic acid groups (broad SMARTS) is 1. The van der Waals surface area contributed by atoms with Crippen LogP contribution in [0.5, 0.6) is 0 Å². The number of rotatable bonds is 4. The van der Waals surface area contributed by atoms with Crippen molar-refractivity contribution in [1.82, 2.24) is 4.90 Å². The summed E-state index contributed by atoms with van der Waals surface area (Å²) in [7, 11) is 0. The van der Waals surface area contributed by atoms with Gasteiger partial charge in [0.1, 0.15) is 6.54 Å². The minimum atomic E-state index is -1.11. The molecule has 0 aromatic heterocycles. The van der Waals surface area contributed by atoms with Crippen molar-refractivity contribution in [2.24, 2.45) is 0 Å². The van der Waals surface area contributed by atoms with Crippen LogP contribution in [0, 0.1) is 22.9 Å². The Morgan fingerprint density at radius 2 is 2.14 bits per heavy atom. The number of nitrogens with zero attached hydrogens (tertiary/aromatic N) is 3. The van der Waals surface area contributed by atoms with Crippen molar-refractivity contribution in [2.45, 2.75) is 6.92 Å². The largest absolute Gasteiger partial charge is 0.480 e. The second-order valence-electron chi connectivity index (χ2n) is 4.93. The van der Waals surface area contributed by atoms with Crippen molar-refractivity contribution < 1.29 is 24.0 Å². The summed E-state index contributed by atoms with van der Waals surface area (Å²) in [6.07, 6.45) is 0. The van der Waals surface area contributed by atoms with Crippen LogP contribution in [0.3, 0.4) is 0 Å². The molecule has 1 aromatic carbocycles. The molecule has 1 N–H and O–H groups in total. The molecule has 0 aliphatic carbocycles. The molecule has 22 heavy (non-hydrogen) atoms. The highest BCUT2D eigenvalue weighted by Crippen LogP contribution is 2.29. The summed E-state index contributed by atoms with van der Waals surface area (Å²) in [6.45, 7) is 1.16. The molecule has 1 saturated heterocycles. The first kappa shape index (κ1) is 15.7. The van der Waals surface area contributed by atoms with Gasteiger partial charge in [0, 0.05) is 19.2 Å². The van der Waals surface area contributed by atoms with Crippen molar-refractivity contribution in [3.63, 3.8) is 0 Å². The van der Waals surface area contributed by atoms with Crippen LogP contribution < -0.4 is 4.90 Å². The molecule has 0 unspecified atom stereocenters. The van der Waals surface area contributed by atoms with Gasteiger partial charge in [-0.05, 0) is 13.0 Å². The van der Waals surface area contributed by atoms with Gasteiger partial charge in [-0.1, -0.05) is 0 Å². The second kappa shape index (κ2) is 5.96. The number of hydrogen-bond acceptors (Lipinski definition) is 5. The number of benzene rings is 1. The van der Waals surface area contributed by atoms with E-state index in [1.54, 1.807) is 0 Å². The van der Waals surface area contributed by atoms with Crippen molar-refractivity contribution in [3.8, 4) is 0 Å². The lowest BCUT2D eigenvalue weighted by Crippen LogP contribution is -2.52. The third kappa shape index (κ3) is 2.97. The number of carbonyl (C=O) groups excluding carboxylic acids is 1. The number of carbonyl (C=O) groups is 2. The quantitative estimate of drug-likeness (QED) is 0.651. The molecule has 1 fully saturated rings.